The third-order valence-corrected chi connectivity index (χ3v) is 5.08. The van der Waals surface area contributed by atoms with E-state index in [0.717, 1.165) is 23.1 Å². The van der Waals surface area contributed by atoms with Crippen LogP contribution in [0.5, 0.6) is 0 Å². The van der Waals surface area contributed by atoms with Crippen LogP contribution in [0, 0.1) is 5.92 Å². The number of nitrogens with zero attached hydrogens (tertiary/aromatic N) is 3. The highest BCUT2D eigenvalue weighted by Crippen LogP contribution is 2.36. The van der Waals surface area contributed by atoms with Gasteiger partial charge in [0.1, 0.15) is 4.83 Å². The molecule has 6 heteroatoms. The topological polar surface area (TPSA) is 59.3 Å². The lowest BCUT2D eigenvalue weighted by atomic mass is 9.89. The van der Waals surface area contributed by atoms with Gasteiger partial charge in [0.05, 0.1) is 11.9 Å². The van der Waals surface area contributed by atoms with Crippen LogP contribution in [0.15, 0.2) is 9.90 Å². The molecule has 0 fully saturated rings. The lowest BCUT2D eigenvalue weighted by molar-refractivity contribution is 0.509. The molecule has 2 aliphatic rings. The molecule has 0 bridgehead atoms. The van der Waals surface area contributed by atoms with Crippen LogP contribution in [0.3, 0.4) is 0 Å². The SMILES string of the molecule is CC1CCc2c(sc3nc4n(c(=O)c23)CC=NN4)C1. The summed E-state index contributed by atoms with van der Waals surface area (Å²) >= 11 is 1.67. The van der Waals surface area contributed by atoms with Crippen molar-refractivity contribution in [1.82, 2.24) is 9.55 Å². The fourth-order valence-corrected chi connectivity index (χ4v) is 4.28. The van der Waals surface area contributed by atoms with Crippen LogP contribution in [0.1, 0.15) is 23.8 Å². The number of rotatable bonds is 0. The molecule has 0 spiro atoms. The largest absolute Gasteiger partial charge is 0.271 e. The quantitative estimate of drug-likeness (QED) is 0.799. The lowest BCUT2D eigenvalue weighted by Gasteiger charge is -2.18. The van der Waals surface area contributed by atoms with E-state index in [-0.39, 0.29) is 5.56 Å². The normalized spacial score (nSPS) is 21.0. The molecule has 0 aromatic carbocycles. The van der Waals surface area contributed by atoms with Crippen molar-refractivity contribution in [3.8, 4) is 0 Å². The van der Waals surface area contributed by atoms with Gasteiger partial charge in [-0.1, -0.05) is 6.92 Å². The Morgan fingerprint density at radius 1 is 1.53 bits per heavy atom. The van der Waals surface area contributed by atoms with Crippen LogP contribution in [0.25, 0.3) is 10.2 Å². The van der Waals surface area contributed by atoms with E-state index in [9.17, 15) is 4.79 Å². The van der Waals surface area contributed by atoms with E-state index in [4.69, 9.17) is 0 Å². The fourth-order valence-electron chi connectivity index (χ4n) is 2.90. The van der Waals surface area contributed by atoms with Crippen LogP contribution in [0.4, 0.5) is 5.95 Å². The Hall–Kier alpha value is -1.69. The molecule has 1 N–H and O–H groups in total. The van der Waals surface area contributed by atoms with Gasteiger partial charge in [-0.25, -0.2) is 10.4 Å². The molecule has 0 saturated heterocycles. The molecule has 4 rings (SSSR count). The van der Waals surface area contributed by atoms with Gasteiger partial charge in [0.2, 0.25) is 5.95 Å². The number of aromatic nitrogens is 2. The molecule has 1 aliphatic heterocycles. The maximum Gasteiger partial charge on any atom is 0.264 e. The molecule has 1 aliphatic carbocycles. The average molecular weight is 274 g/mol. The zero-order valence-electron chi connectivity index (χ0n) is 10.6. The summed E-state index contributed by atoms with van der Waals surface area (Å²) in [6.07, 6.45) is 4.95. The molecular formula is C13H14N4OS. The molecule has 0 radical (unpaired) electrons. The summed E-state index contributed by atoms with van der Waals surface area (Å²) in [5.74, 6) is 1.27. The summed E-state index contributed by atoms with van der Waals surface area (Å²) in [6, 6.07) is 0. The van der Waals surface area contributed by atoms with E-state index in [2.05, 4.69) is 22.4 Å². The number of thiophene rings is 1. The third-order valence-electron chi connectivity index (χ3n) is 3.94. The van der Waals surface area contributed by atoms with Gasteiger partial charge >= 0.3 is 0 Å². The zero-order valence-corrected chi connectivity index (χ0v) is 11.5. The highest BCUT2D eigenvalue weighted by molar-refractivity contribution is 7.18. The Labute approximate surface area is 114 Å². The second-order valence-electron chi connectivity index (χ2n) is 5.31. The standard InChI is InChI=1S/C13H14N4OS/c1-7-2-3-8-9(6-7)19-11-10(8)12(18)17-5-4-14-16-13(17)15-11/h4,7H,2-3,5-6H2,1H3,(H,15,16). The van der Waals surface area contributed by atoms with Crippen molar-refractivity contribution < 1.29 is 0 Å². The summed E-state index contributed by atoms with van der Waals surface area (Å²) in [7, 11) is 0. The highest BCUT2D eigenvalue weighted by Gasteiger charge is 2.24. The van der Waals surface area contributed by atoms with Crippen molar-refractivity contribution in [1.29, 1.82) is 0 Å². The first-order valence-electron chi connectivity index (χ1n) is 6.56. The van der Waals surface area contributed by atoms with E-state index < -0.39 is 0 Å². The Balaban J connectivity index is 2.03. The van der Waals surface area contributed by atoms with E-state index in [1.165, 1.54) is 16.9 Å². The second kappa shape index (κ2) is 3.90. The van der Waals surface area contributed by atoms with E-state index in [1.807, 2.05) is 0 Å². The van der Waals surface area contributed by atoms with Crippen molar-refractivity contribution >= 4 is 33.7 Å². The highest BCUT2D eigenvalue weighted by atomic mass is 32.1. The van der Waals surface area contributed by atoms with E-state index >= 15 is 0 Å². The monoisotopic (exact) mass is 274 g/mol. The van der Waals surface area contributed by atoms with Gasteiger partial charge in [-0.15, -0.1) is 11.3 Å². The Kier molecular flexibility index (Phi) is 2.29. The van der Waals surface area contributed by atoms with Crippen LogP contribution in [0.2, 0.25) is 0 Å². The molecule has 2 aromatic heterocycles. The maximum absolute atomic E-state index is 12.6. The van der Waals surface area contributed by atoms with Crippen molar-refractivity contribution in [2.45, 2.75) is 32.7 Å². The molecule has 0 saturated carbocycles. The first kappa shape index (κ1) is 11.2. The first-order valence-corrected chi connectivity index (χ1v) is 7.38. The van der Waals surface area contributed by atoms with Gasteiger partial charge in [0.25, 0.3) is 5.56 Å². The lowest BCUT2D eigenvalue weighted by Crippen LogP contribution is -2.27. The minimum atomic E-state index is 0.0747. The van der Waals surface area contributed by atoms with Crippen LogP contribution in [-0.4, -0.2) is 15.8 Å². The predicted octanol–water partition coefficient (Wildman–Crippen LogP) is 1.99. The zero-order chi connectivity index (χ0) is 13.0. The predicted molar refractivity (Wildman–Crippen MR) is 77.2 cm³/mol. The van der Waals surface area contributed by atoms with E-state index in [0.29, 0.717) is 18.4 Å². The van der Waals surface area contributed by atoms with Crippen molar-refractivity contribution in [3.05, 3.63) is 20.8 Å². The number of nitrogens with one attached hydrogen (secondary N) is 1. The molecule has 0 amide bonds. The fraction of sp³-hybridized carbons (Fsp3) is 0.462. The summed E-state index contributed by atoms with van der Waals surface area (Å²) in [4.78, 5) is 19.4. The van der Waals surface area contributed by atoms with Gasteiger partial charge in [0.15, 0.2) is 0 Å². The van der Waals surface area contributed by atoms with Gasteiger partial charge in [-0.3, -0.25) is 9.36 Å². The van der Waals surface area contributed by atoms with Crippen LogP contribution >= 0.6 is 11.3 Å². The number of anilines is 1. The molecule has 1 unspecified atom stereocenters. The molecular weight excluding hydrogens is 260 g/mol. The Morgan fingerprint density at radius 3 is 3.32 bits per heavy atom. The summed E-state index contributed by atoms with van der Waals surface area (Å²) in [6.45, 7) is 2.78. The maximum atomic E-state index is 12.6. The van der Waals surface area contributed by atoms with Crippen molar-refractivity contribution in [2.75, 3.05) is 5.43 Å². The molecule has 1 atom stereocenters. The van der Waals surface area contributed by atoms with Gasteiger partial charge < -0.3 is 0 Å². The number of hydrogen-bond donors (Lipinski definition) is 1. The summed E-state index contributed by atoms with van der Waals surface area (Å²) in [5, 5.41) is 4.81. The number of hydrazone groups is 1. The summed E-state index contributed by atoms with van der Waals surface area (Å²) in [5.41, 5.74) is 4.13. The second-order valence-corrected chi connectivity index (χ2v) is 6.39. The Morgan fingerprint density at radius 2 is 2.42 bits per heavy atom. The van der Waals surface area contributed by atoms with Crippen molar-refractivity contribution in [3.63, 3.8) is 0 Å². The van der Waals surface area contributed by atoms with Crippen molar-refractivity contribution in [2.24, 2.45) is 11.0 Å². The number of aryl methyl sites for hydroxylation is 1. The first-order chi connectivity index (χ1) is 9.24. The average Bonchev–Trinajstić information content (AvgIpc) is 2.76. The number of hydrogen-bond acceptors (Lipinski definition) is 5. The van der Waals surface area contributed by atoms with Gasteiger partial charge in [-0.05, 0) is 30.7 Å². The minimum Gasteiger partial charge on any atom is -0.271 e. The van der Waals surface area contributed by atoms with Crippen LogP contribution in [-0.2, 0) is 19.4 Å². The molecule has 98 valence electrons. The Bertz CT molecular complexity index is 758. The molecule has 19 heavy (non-hydrogen) atoms. The molecule has 2 aromatic rings. The van der Waals surface area contributed by atoms with E-state index in [1.54, 1.807) is 22.1 Å². The summed E-state index contributed by atoms with van der Waals surface area (Å²) < 4.78 is 1.67. The molecule has 3 heterocycles. The van der Waals surface area contributed by atoms with Gasteiger partial charge in [-0.2, -0.15) is 5.10 Å². The van der Waals surface area contributed by atoms with Gasteiger partial charge in [0, 0.05) is 11.1 Å². The minimum absolute atomic E-state index is 0.0747. The smallest absolute Gasteiger partial charge is 0.264 e. The third kappa shape index (κ3) is 1.56. The number of fused-ring (bicyclic) bond motifs is 4. The molecule has 5 nitrogen and oxygen atoms in total. The van der Waals surface area contributed by atoms with Crippen LogP contribution < -0.4 is 11.0 Å².